The number of halogens is 1. The lowest BCUT2D eigenvalue weighted by molar-refractivity contribution is -0.384. The van der Waals surface area contributed by atoms with Crippen molar-refractivity contribution >= 4 is 23.0 Å². The Labute approximate surface area is 105 Å². The molecule has 0 aromatic heterocycles. The SMILES string of the molecule is CCC1CCCN1c1cc(Cl)ccc1[N+](=O)[O-]. The summed E-state index contributed by atoms with van der Waals surface area (Å²) < 4.78 is 0. The van der Waals surface area contributed by atoms with Crippen molar-refractivity contribution in [3.05, 3.63) is 33.3 Å². The molecule has 2 rings (SSSR count). The molecule has 1 aliphatic rings. The average Bonchev–Trinajstić information content (AvgIpc) is 2.76. The third kappa shape index (κ3) is 2.36. The van der Waals surface area contributed by atoms with E-state index in [0.29, 0.717) is 16.8 Å². The minimum Gasteiger partial charge on any atom is -0.363 e. The number of nitro benzene ring substituents is 1. The summed E-state index contributed by atoms with van der Waals surface area (Å²) >= 11 is 5.94. The third-order valence-corrected chi connectivity index (χ3v) is 3.53. The van der Waals surface area contributed by atoms with Crippen LogP contribution in [0, 0.1) is 10.1 Å². The Morgan fingerprint density at radius 1 is 1.59 bits per heavy atom. The highest BCUT2D eigenvalue weighted by atomic mass is 35.5. The molecular weight excluding hydrogens is 240 g/mol. The van der Waals surface area contributed by atoms with Gasteiger partial charge in [-0.15, -0.1) is 0 Å². The van der Waals surface area contributed by atoms with Crippen molar-refractivity contribution in [3.63, 3.8) is 0 Å². The molecule has 1 aromatic carbocycles. The van der Waals surface area contributed by atoms with Crippen LogP contribution in [0.15, 0.2) is 18.2 Å². The Kier molecular flexibility index (Phi) is 3.52. The number of hydrogen-bond acceptors (Lipinski definition) is 3. The Balaban J connectivity index is 2.42. The zero-order valence-corrected chi connectivity index (χ0v) is 10.5. The summed E-state index contributed by atoms with van der Waals surface area (Å²) in [6, 6.07) is 5.16. The van der Waals surface area contributed by atoms with Crippen molar-refractivity contribution in [1.82, 2.24) is 0 Å². The second-order valence-corrected chi connectivity index (χ2v) is 4.72. The van der Waals surface area contributed by atoms with E-state index in [4.69, 9.17) is 11.6 Å². The monoisotopic (exact) mass is 254 g/mol. The molecule has 0 spiro atoms. The van der Waals surface area contributed by atoms with E-state index in [-0.39, 0.29) is 10.6 Å². The van der Waals surface area contributed by atoms with Crippen LogP contribution in [-0.2, 0) is 0 Å². The van der Waals surface area contributed by atoms with Gasteiger partial charge in [0, 0.05) is 23.7 Å². The number of anilines is 1. The van der Waals surface area contributed by atoms with E-state index in [1.807, 2.05) is 0 Å². The molecule has 1 aromatic rings. The lowest BCUT2D eigenvalue weighted by Crippen LogP contribution is -2.29. The molecule has 1 fully saturated rings. The molecule has 1 atom stereocenters. The minimum absolute atomic E-state index is 0.148. The summed E-state index contributed by atoms with van der Waals surface area (Å²) in [4.78, 5) is 12.8. The van der Waals surface area contributed by atoms with Crippen molar-refractivity contribution in [2.75, 3.05) is 11.4 Å². The number of benzene rings is 1. The minimum atomic E-state index is -0.337. The van der Waals surface area contributed by atoms with Crippen LogP contribution in [-0.4, -0.2) is 17.5 Å². The summed E-state index contributed by atoms with van der Waals surface area (Å²) in [5, 5.41) is 11.6. The first kappa shape index (κ1) is 12.2. The molecule has 1 saturated heterocycles. The molecule has 0 aliphatic carbocycles. The molecule has 0 saturated carbocycles. The van der Waals surface area contributed by atoms with Crippen LogP contribution in [0.5, 0.6) is 0 Å². The second kappa shape index (κ2) is 4.92. The van der Waals surface area contributed by atoms with Gasteiger partial charge in [0.2, 0.25) is 0 Å². The van der Waals surface area contributed by atoms with E-state index in [9.17, 15) is 10.1 Å². The van der Waals surface area contributed by atoms with Crippen molar-refractivity contribution in [2.24, 2.45) is 0 Å². The Bertz CT molecular complexity index is 437. The molecule has 0 bridgehead atoms. The largest absolute Gasteiger partial charge is 0.363 e. The van der Waals surface area contributed by atoms with Gasteiger partial charge in [0.15, 0.2) is 0 Å². The Hall–Kier alpha value is -1.29. The number of rotatable bonds is 3. The van der Waals surface area contributed by atoms with Crippen LogP contribution >= 0.6 is 11.6 Å². The molecule has 0 N–H and O–H groups in total. The van der Waals surface area contributed by atoms with Crippen molar-refractivity contribution in [2.45, 2.75) is 32.2 Å². The van der Waals surface area contributed by atoms with Crippen molar-refractivity contribution in [3.8, 4) is 0 Å². The fourth-order valence-electron chi connectivity index (χ4n) is 2.46. The van der Waals surface area contributed by atoms with E-state index in [2.05, 4.69) is 11.8 Å². The molecule has 1 aliphatic heterocycles. The molecule has 1 heterocycles. The molecule has 0 amide bonds. The predicted molar refractivity (Wildman–Crippen MR) is 68.8 cm³/mol. The highest BCUT2D eigenvalue weighted by molar-refractivity contribution is 6.31. The van der Waals surface area contributed by atoms with Crippen LogP contribution in [0.3, 0.4) is 0 Å². The molecule has 1 unspecified atom stereocenters. The zero-order valence-electron chi connectivity index (χ0n) is 9.73. The highest BCUT2D eigenvalue weighted by Crippen LogP contribution is 2.36. The smallest absolute Gasteiger partial charge is 0.292 e. The highest BCUT2D eigenvalue weighted by Gasteiger charge is 2.28. The summed E-state index contributed by atoms with van der Waals surface area (Å²) in [7, 11) is 0. The summed E-state index contributed by atoms with van der Waals surface area (Å²) in [5.41, 5.74) is 0.807. The van der Waals surface area contributed by atoms with Gasteiger partial charge >= 0.3 is 0 Å². The zero-order chi connectivity index (χ0) is 12.4. The number of hydrogen-bond donors (Lipinski definition) is 0. The first-order valence-electron chi connectivity index (χ1n) is 5.84. The van der Waals surface area contributed by atoms with Gasteiger partial charge in [-0.1, -0.05) is 18.5 Å². The Morgan fingerprint density at radius 3 is 3.00 bits per heavy atom. The summed E-state index contributed by atoms with van der Waals surface area (Å²) in [6.07, 6.45) is 3.19. The van der Waals surface area contributed by atoms with E-state index in [1.165, 1.54) is 6.07 Å². The number of nitro groups is 1. The van der Waals surface area contributed by atoms with Crippen LogP contribution < -0.4 is 4.90 Å². The second-order valence-electron chi connectivity index (χ2n) is 4.29. The third-order valence-electron chi connectivity index (χ3n) is 3.29. The van der Waals surface area contributed by atoms with Gasteiger partial charge in [-0.3, -0.25) is 10.1 Å². The molecular formula is C12H15ClN2O2. The van der Waals surface area contributed by atoms with Gasteiger partial charge in [0.1, 0.15) is 5.69 Å². The van der Waals surface area contributed by atoms with E-state index in [1.54, 1.807) is 12.1 Å². The fraction of sp³-hybridized carbons (Fsp3) is 0.500. The fourth-order valence-corrected chi connectivity index (χ4v) is 2.62. The first-order valence-corrected chi connectivity index (χ1v) is 6.22. The maximum Gasteiger partial charge on any atom is 0.292 e. The molecule has 0 radical (unpaired) electrons. The summed E-state index contributed by atoms with van der Waals surface area (Å²) in [5.74, 6) is 0. The van der Waals surface area contributed by atoms with Gasteiger partial charge in [0.05, 0.1) is 4.92 Å². The lowest BCUT2D eigenvalue weighted by Gasteiger charge is -2.25. The van der Waals surface area contributed by atoms with Gasteiger partial charge in [0.25, 0.3) is 5.69 Å². The number of nitrogens with zero attached hydrogens (tertiary/aromatic N) is 2. The summed E-state index contributed by atoms with van der Waals surface area (Å²) in [6.45, 7) is 2.99. The quantitative estimate of drug-likeness (QED) is 0.611. The van der Waals surface area contributed by atoms with Gasteiger partial charge in [-0.05, 0) is 31.4 Å². The predicted octanol–water partition coefficient (Wildman–Crippen LogP) is 3.63. The molecule has 17 heavy (non-hydrogen) atoms. The molecule has 5 heteroatoms. The molecule has 4 nitrogen and oxygen atoms in total. The van der Waals surface area contributed by atoms with Crippen LogP contribution in [0.2, 0.25) is 5.02 Å². The van der Waals surface area contributed by atoms with Crippen molar-refractivity contribution in [1.29, 1.82) is 0 Å². The average molecular weight is 255 g/mol. The lowest BCUT2D eigenvalue weighted by atomic mass is 10.1. The Morgan fingerprint density at radius 2 is 2.35 bits per heavy atom. The van der Waals surface area contributed by atoms with Gasteiger partial charge in [-0.2, -0.15) is 0 Å². The van der Waals surface area contributed by atoms with Crippen LogP contribution in [0.4, 0.5) is 11.4 Å². The van der Waals surface area contributed by atoms with E-state index >= 15 is 0 Å². The van der Waals surface area contributed by atoms with Crippen LogP contribution in [0.25, 0.3) is 0 Å². The van der Waals surface area contributed by atoms with Gasteiger partial charge < -0.3 is 4.90 Å². The van der Waals surface area contributed by atoms with Crippen molar-refractivity contribution < 1.29 is 4.92 Å². The standard InChI is InChI=1S/C12H15ClN2O2/c1-2-10-4-3-7-14(10)12-8-9(13)5-6-11(12)15(16)17/h5-6,8,10H,2-4,7H2,1H3. The van der Waals surface area contributed by atoms with E-state index < -0.39 is 0 Å². The maximum absolute atomic E-state index is 11.0. The van der Waals surface area contributed by atoms with Gasteiger partial charge in [-0.25, -0.2) is 0 Å². The normalized spacial score (nSPS) is 19.6. The molecule has 92 valence electrons. The first-order chi connectivity index (χ1) is 8.13. The van der Waals surface area contributed by atoms with Crippen LogP contribution in [0.1, 0.15) is 26.2 Å². The topological polar surface area (TPSA) is 46.4 Å². The maximum atomic E-state index is 11.0. The van der Waals surface area contributed by atoms with E-state index in [0.717, 1.165) is 25.8 Å².